The first-order valence-corrected chi connectivity index (χ1v) is 13.4. The number of phenolic OH excluding ortho intramolecular Hbond substituents is 2. The van der Waals surface area contributed by atoms with Crippen LogP contribution in [0.3, 0.4) is 0 Å². The van der Waals surface area contributed by atoms with Gasteiger partial charge >= 0.3 is 0 Å². The van der Waals surface area contributed by atoms with Gasteiger partial charge in [-0.1, -0.05) is 0 Å². The molecule has 50 heavy (non-hydrogen) atoms. The average molecular weight is 685 g/mol. The molecule has 0 aliphatic carbocycles. The van der Waals surface area contributed by atoms with Gasteiger partial charge in [-0.15, -0.1) is 0 Å². The number of hydrogen-bond acceptors (Lipinski definition) is 8. The molecule has 2 N–H and O–H groups in total. The van der Waals surface area contributed by atoms with Gasteiger partial charge < -0.3 is 19.8 Å². The van der Waals surface area contributed by atoms with Crippen molar-refractivity contribution in [2.75, 3.05) is 14.2 Å². The second-order valence-corrected chi connectivity index (χ2v) is 8.57. The maximum absolute atomic E-state index is 10.5. The number of benzene rings is 3. The maximum atomic E-state index is 10.5. The van der Waals surface area contributed by atoms with Gasteiger partial charge in [-0.3, -0.25) is 9.98 Å². The Kier molecular flexibility index (Phi) is 15.5. The van der Waals surface area contributed by atoms with Crippen molar-refractivity contribution >= 4 is 23.8 Å². The van der Waals surface area contributed by atoms with E-state index in [1.807, 2.05) is 26.0 Å². The maximum Gasteiger partial charge on any atom is 0.163 e. The van der Waals surface area contributed by atoms with E-state index >= 15 is 0 Å². The monoisotopic (exact) mass is 684 g/mol. The van der Waals surface area contributed by atoms with Crippen molar-refractivity contribution in [1.29, 1.82) is 0 Å². The smallest absolute Gasteiger partial charge is 0.163 e. The van der Waals surface area contributed by atoms with Gasteiger partial charge in [0, 0.05) is 87.9 Å². The molecular formula is C24H24N22O4. The highest BCUT2D eigenvalue weighted by molar-refractivity contribution is 5.90. The summed E-state index contributed by atoms with van der Waals surface area (Å²) in [5, 5.41) is 83.1. The molecule has 0 amide bonds. The van der Waals surface area contributed by atoms with Gasteiger partial charge in [0.25, 0.3) is 0 Å². The SMILES string of the molecule is CN=NN=NN=NN=NN=NN=NN=NN=NN=NN=NOc1ccc(/C=N/c2cc(C)c(C)cc2/N=C/c2ccc(OC)cc2O)c(O)c1. The molecule has 0 aromatic heterocycles. The van der Waals surface area contributed by atoms with Crippen LogP contribution in [-0.2, 0) is 0 Å². The molecule has 26 heteroatoms. The van der Waals surface area contributed by atoms with Crippen LogP contribution >= 0.6 is 0 Å². The van der Waals surface area contributed by atoms with Crippen molar-refractivity contribution in [3.63, 3.8) is 0 Å². The lowest BCUT2D eigenvalue weighted by atomic mass is 10.1. The molecule has 0 radical (unpaired) electrons. The fourth-order valence-corrected chi connectivity index (χ4v) is 3.13. The Hall–Kier alpha value is -7.80. The van der Waals surface area contributed by atoms with E-state index in [9.17, 15) is 10.2 Å². The molecule has 0 aliphatic rings. The number of methoxy groups -OCH3 is 1. The highest BCUT2D eigenvalue weighted by Gasteiger charge is 2.07. The van der Waals surface area contributed by atoms with E-state index in [1.54, 1.807) is 18.2 Å². The number of aliphatic imine (C=N–C) groups is 2. The van der Waals surface area contributed by atoms with E-state index in [1.165, 1.54) is 44.8 Å². The molecule has 0 saturated carbocycles. The Morgan fingerprint density at radius 1 is 0.500 bits per heavy atom. The molecule has 0 atom stereocenters. The zero-order valence-electron chi connectivity index (χ0n) is 26.3. The lowest BCUT2D eigenvalue weighted by Gasteiger charge is -2.07. The first-order chi connectivity index (χ1) is 24.4. The number of aromatic hydroxyl groups is 2. The minimum atomic E-state index is -0.149. The molecule has 3 rings (SSSR count). The molecule has 0 bridgehead atoms. The molecule has 254 valence electrons. The molecule has 3 aromatic rings. The Balaban J connectivity index is 1.50. The first-order valence-electron chi connectivity index (χ1n) is 13.4. The summed E-state index contributed by atoms with van der Waals surface area (Å²) >= 11 is 0. The molecule has 0 heterocycles. The van der Waals surface area contributed by atoms with E-state index in [-0.39, 0.29) is 17.2 Å². The summed E-state index contributed by atoms with van der Waals surface area (Å²) in [5.74, 6) is 0.534. The minimum Gasteiger partial charge on any atom is -0.507 e. The number of hydrogen-bond donors (Lipinski definition) is 2. The van der Waals surface area contributed by atoms with Crippen LogP contribution in [0.1, 0.15) is 22.3 Å². The average Bonchev–Trinajstić information content (AvgIpc) is 3.11. The molecule has 3 aromatic carbocycles. The van der Waals surface area contributed by atoms with E-state index in [0.717, 1.165) is 11.1 Å². The fourth-order valence-electron chi connectivity index (χ4n) is 3.13. The van der Waals surface area contributed by atoms with Crippen molar-refractivity contribution in [1.82, 2.24) is 0 Å². The van der Waals surface area contributed by atoms with Gasteiger partial charge in [0.2, 0.25) is 0 Å². The lowest BCUT2D eigenvalue weighted by Crippen LogP contribution is -1.88. The van der Waals surface area contributed by atoms with Crippen molar-refractivity contribution in [2.45, 2.75) is 13.8 Å². The summed E-state index contributed by atoms with van der Waals surface area (Å²) in [6, 6.07) is 13.0. The molecule has 0 unspecified atom stereocenters. The summed E-state index contributed by atoms with van der Waals surface area (Å²) < 4.78 is 5.12. The normalized spacial score (nSPS) is 13.2. The Morgan fingerprint density at radius 3 is 1.28 bits per heavy atom. The Bertz CT molecular complexity index is 1950. The third-order valence-corrected chi connectivity index (χ3v) is 5.47. The topological polar surface area (TPSA) is 331 Å². The van der Waals surface area contributed by atoms with Gasteiger partial charge in [0.05, 0.1) is 30.8 Å². The van der Waals surface area contributed by atoms with Gasteiger partial charge in [-0.2, -0.15) is 5.11 Å². The van der Waals surface area contributed by atoms with E-state index in [4.69, 9.17) is 9.57 Å². The second-order valence-electron chi connectivity index (χ2n) is 8.57. The number of phenols is 2. The molecule has 0 aliphatic heterocycles. The van der Waals surface area contributed by atoms with Crippen LogP contribution < -0.4 is 9.57 Å². The predicted molar refractivity (Wildman–Crippen MR) is 168 cm³/mol. The molecule has 0 fully saturated rings. The molecule has 0 spiro atoms. The molecule has 0 saturated heterocycles. The third-order valence-electron chi connectivity index (χ3n) is 5.47. The number of nitrogens with zero attached hydrogens (tertiary/aromatic N) is 22. The molecule has 26 nitrogen and oxygen atoms in total. The van der Waals surface area contributed by atoms with Crippen LogP contribution in [0.15, 0.2) is 163 Å². The Labute approximate surface area is 279 Å². The van der Waals surface area contributed by atoms with Crippen molar-refractivity contribution < 1.29 is 19.8 Å². The standard InChI is InChI=1S/C24H24N22O4/c1-15-9-21(26-13-17-5-7-19(49-4)11-23(17)47)22(10-16(15)2)27-14-18-6-8-20(12-24(18)48)50-46-45-44-43-42-41-40-39-38-37-36-35-34-33-32-31-30-29-28-25-3/h5-14,47-48H,1-4H3/b26-13+,27-14+,28-25?,30-29?,32-31?,34-33?,36-35?,38-37?,40-39?,42-41?,44-43?,46-45?. The summed E-state index contributed by atoms with van der Waals surface area (Å²) in [4.78, 5) is 14.1. The zero-order valence-corrected chi connectivity index (χ0v) is 26.3. The molecular weight excluding hydrogens is 660 g/mol. The van der Waals surface area contributed by atoms with Crippen LogP contribution in [0.5, 0.6) is 23.0 Å². The van der Waals surface area contributed by atoms with Gasteiger partial charge in [-0.25, -0.2) is 0 Å². The van der Waals surface area contributed by atoms with E-state index in [0.29, 0.717) is 28.3 Å². The van der Waals surface area contributed by atoms with Crippen LogP contribution in [0, 0.1) is 13.8 Å². The fraction of sp³-hybridized carbons (Fsp3) is 0.167. The first kappa shape index (κ1) is 36.7. The second kappa shape index (κ2) is 21.1. The zero-order chi connectivity index (χ0) is 35.8. The summed E-state index contributed by atoms with van der Waals surface area (Å²) in [6.07, 6.45) is 3.00. The van der Waals surface area contributed by atoms with E-state index in [2.05, 4.69) is 114 Å². The van der Waals surface area contributed by atoms with Gasteiger partial charge in [-0.05, 0) is 103 Å². The van der Waals surface area contributed by atoms with Crippen molar-refractivity contribution in [2.24, 2.45) is 114 Å². The number of aryl methyl sites for hydroxylation is 2. The van der Waals surface area contributed by atoms with Crippen LogP contribution in [0.4, 0.5) is 11.4 Å². The highest BCUT2D eigenvalue weighted by atomic mass is 16.6. The minimum absolute atomic E-state index is 0.0213. The van der Waals surface area contributed by atoms with Crippen molar-refractivity contribution in [3.05, 3.63) is 70.8 Å². The van der Waals surface area contributed by atoms with Crippen LogP contribution in [-0.4, -0.2) is 36.8 Å². The number of rotatable bonds is 16. The van der Waals surface area contributed by atoms with Crippen LogP contribution in [0.25, 0.3) is 0 Å². The third kappa shape index (κ3) is 13.3. The Morgan fingerprint density at radius 2 is 0.880 bits per heavy atom. The highest BCUT2D eigenvalue weighted by Crippen LogP contribution is 2.32. The quantitative estimate of drug-likeness (QED) is 0.0846. The van der Waals surface area contributed by atoms with E-state index < -0.39 is 0 Å². The van der Waals surface area contributed by atoms with Gasteiger partial charge in [0.1, 0.15) is 17.2 Å². The number of ether oxygens (including phenoxy) is 1. The van der Waals surface area contributed by atoms with Gasteiger partial charge in [0.15, 0.2) is 5.75 Å². The summed E-state index contributed by atoms with van der Waals surface area (Å²) in [7, 11) is 2.90. The van der Waals surface area contributed by atoms with Crippen LogP contribution in [0.2, 0.25) is 0 Å². The summed E-state index contributed by atoms with van der Waals surface area (Å²) in [6.45, 7) is 3.90. The largest absolute Gasteiger partial charge is 0.507 e. The predicted octanol–water partition coefficient (Wildman–Crippen LogP) is 8.91. The summed E-state index contributed by atoms with van der Waals surface area (Å²) in [5.41, 5.74) is 3.99. The van der Waals surface area contributed by atoms with Crippen molar-refractivity contribution in [3.8, 4) is 23.0 Å². The lowest BCUT2D eigenvalue weighted by molar-refractivity contribution is 0.302.